The van der Waals surface area contributed by atoms with Gasteiger partial charge in [0.15, 0.2) is 0 Å². The summed E-state index contributed by atoms with van der Waals surface area (Å²) in [5.74, 6) is 1.28. The molecule has 3 amide bonds. The summed E-state index contributed by atoms with van der Waals surface area (Å²) in [5, 5.41) is -0.262. The van der Waals surface area contributed by atoms with Gasteiger partial charge in [0.25, 0.3) is 0 Å². The van der Waals surface area contributed by atoms with Gasteiger partial charge in [-0.25, -0.2) is 0 Å². The Kier molecular flexibility index (Phi) is 11.1. The zero-order valence-corrected chi connectivity index (χ0v) is 19.3. The molecule has 2 rings (SSSR count). The average Bonchev–Trinajstić information content (AvgIpc) is 3.34. The van der Waals surface area contributed by atoms with E-state index in [1.54, 1.807) is 11.8 Å². The first kappa shape index (κ1) is 24.2. The fourth-order valence-electron chi connectivity index (χ4n) is 4.61. The van der Waals surface area contributed by atoms with Crippen molar-refractivity contribution in [3.05, 3.63) is 0 Å². The maximum absolute atomic E-state index is 12.6. The molecule has 1 aliphatic carbocycles. The lowest BCUT2D eigenvalue weighted by Gasteiger charge is -2.30. The number of carbonyl (C=O) groups excluding carboxylic acids is 3. The van der Waals surface area contributed by atoms with Gasteiger partial charge in [0.1, 0.15) is 0 Å². The SMILES string of the molecule is CCCCCCCCCN1C(=O)CC(SCCN(C=O)C(C)C2CCCC2)C1=O. The normalized spacial score (nSPS) is 21.2. The van der Waals surface area contributed by atoms with Crippen molar-refractivity contribution in [3.8, 4) is 0 Å². The molecule has 0 aromatic rings. The third kappa shape index (κ3) is 7.62. The van der Waals surface area contributed by atoms with Gasteiger partial charge < -0.3 is 4.90 Å². The molecule has 5 nitrogen and oxygen atoms in total. The topological polar surface area (TPSA) is 57.7 Å². The summed E-state index contributed by atoms with van der Waals surface area (Å²) in [6, 6.07) is 0.269. The quantitative estimate of drug-likeness (QED) is 0.218. The van der Waals surface area contributed by atoms with Gasteiger partial charge in [-0.15, -0.1) is 11.8 Å². The minimum atomic E-state index is -0.262. The number of carbonyl (C=O) groups is 3. The predicted molar refractivity (Wildman–Crippen MR) is 120 cm³/mol. The van der Waals surface area contributed by atoms with E-state index in [2.05, 4.69) is 13.8 Å². The number of hydrogen-bond donors (Lipinski definition) is 0. The lowest BCUT2D eigenvalue weighted by atomic mass is 9.99. The average molecular weight is 425 g/mol. The number of hydrogen-bond acceptors (Lipinski definition) is 4. The molecule has 2 unspecified atom stereocenters. The second-order valence-electron chi connectivity index (χ2n) is 8.70. The van der Waals surface area contributed by atoms with Crippen LogP contribution in [0, 0.1) is 5.92 Å². The number of nitrogens with zero attached hydrogens (tertiary/aromatic N) is 2. The third-order valence-corrected chi connectivity index (χ3v) is 7.79. The van der Waals surface area contributed by atoms with Crippen LogP contribution in [0.15, 0.2) is 0 Å². The standard InChI is InChI=1S/C23H40N2O3S/c1-3-4-5-6-7-8-11-14-25-22(27)17-21(23(25)28)29-16-15-24(18-26)19(2)20-12-9-10-13-20/h18-21H,3-17H2,1-2H3. The van der Waals surface area contributed by atoms with Crippen LogP contribution in [0.25, 0.3) is 0 Å². The smallest absolute Gasteiger partial charge is 0.242 e. The molecule has 1 saturated carbocycles. The van der Waals surface area contributed by atoms with E-state index in [-0.39, 0.29) is 23.1 Å². The van der Waals surface area contributed by atoms with Crippen molar-refractivity contribution in [1.82, 2.24) is 9.80 Å². The molecule has 2 fully saturated rings. The van der Waals surface area contributed by atoms with E-state index in [1.165, 1.54) is 62.7 Å². The van der Waals surface area contributed by atoms with Gasteiger partial charge in [0.2, 0.25) is 18.2 Å². The number of thioether (sulfide) groups is 1. The van der Waals surface area contributed by atoms with Gasteiger partial charge in [0, 0.05) is 31.3 Å². The molecule has 0 radical (unpaired) electrons. The van der Waals surface area contributed by atoms with Crippen molar-refractivity contribution >= 4 is 30.0 Å². The van der Waals surface area contributed by atoms with Crippen LogP contribution in [-0.4, -0.2) is 58.2 Å². The molecular formula is C23H40N2O3S. The zero-order chi connectivity index (χ0) is 21.1. The van der Waals surface area contributed by atoms with Crippen LogP contribution in [0.2, 0.25) is 0 Å². The fraction of sp³-hybridized carbons (Fsp3) is 0.870. The Morgan fingerprint density at radius 1 is 1.10 bits per heavy atom. The van der Waals surface area contributed by atoms with E-state index >= 15 is 0 Å². The van der Waals surface area contributed by atoms with Gasteiger partial charge in [0.05, 0.1) is 5.25 Å². The van der Waals surface area contributed by atoms with Gasteiger partial charge in [-0.1, -0.05) is 58.3 Å². The van der Waals surface area contributed by atoms with Crippen LogP contribution in [0.1, 0.15) is 90.9 Å². The predicted octanol–water partition coefficient (Wildman–Crippen LogP) is 4.63. The molecule has 166 valence electrons. The van der Waals surface area contributed by atoms with Crippen LogP contribution in [0.4, 0.5) is 0 Å². The van der Waals surface area contributed by atoms with Crippen LogP contribution in [-0.2, 0) is 14.4 Å². The highest BCUT2D eigenvalue weighted by Crippen LogP contribution is 2.30. The summed E-state index contributed by atoms with van der Waals surface area (Å²) in [7, 11) is 0. The number of rotatable bonds is 15. The molecule has 2 aliphatic rings. The molecule has 2 atom stereocenters. The lowest BCUT2D eigenvalue weighted by molar-refractivity contribution is -0.138. The van der Waals surface area contributed by atoms with Crippen molar-refractivity contribution in [3.63, 3.8) is 0 Å². The highest BCUT2D eigenvalue weighted by molar-refractivity contribution is 8.00. The van der Waals surface area contributed by atoms with E-state index < -0.39 is 0 Å². The first-order chi connectivity index (χ1) is 14.1. The van der Waals surface area contributed by atoms with E-state index in [1.807, 2.05) is 4.90 Å². The maximum atomic E-state index is 12.6. The molecular weight excluding hydrogens is 384 g/mol. The Morgan fingerprint density at radius 2 is 1.76 bits per heavy atom. The molecule has 0 aromatic heterocycles. The Bertz CT molecular complexity index is 522. The van der Waals surface area contributed by atoms with Crippen molar-refractivity contribution in [2.45, 2.75) is 102 Å². The Hall–Kier alpha value is -1.04. The first-order valence-corrected chi connectivity index (χ1v) is 12.8. The van der Waals surface area contributed by atoms with Gasteiger partial charge >= 0.3 is 0 Å². The number of amides is 3. The number of imide groups is 1. The molecule has 1 aliphatic heterocycles. The highest BCUT2D eigenvalue weighted by Gasteiger charge is 2.38. The molecule has 29 heavy (non-hydrogen) atoms. The molecule has 6 heteroatoms. The van der Waals surface area contributed by atoms with Gasteiger partial charge in [-0.3, -0.25) is 19.3 Å². The monoisotopic (exact) mass is 424 g/mol. The summed E-state index contributed by atoms with van der Waals surface area (Å²) < 4.78 is 0. The molecule has 0 aromatic carbocycles. The Labute approximate surface area is 181 Å². The second-order valence-corrected chi connectivity index (χ2v) is 10.0. The Morgan fingerprint density at radius 3 is 2.41 bits per heavy atom. The van der Waals surface area contributed by atoms with Crippen molar-refractivity contribution in [2.24, 2.45) is 5.92 Å². The molecule has 1 heterocycles. The van der Waals surface area contributed by atoms with E-state index in [4.69, 9.17) is 0 Å². The number of unbranched alkanes of at least 4 members (excludes halogenated alkanes) is 6. The molecule has 0 spiro atoms. The molecule has 0 bridgehead atoms. The summed E-state index contributed by atoms with van der Waals surface area (Å²) >= 11 is 1.54. The molecule has 1 saturated heterocycles. The minimum Gasteiger partial charge on any atom is -0.341 e. The summed E-state index contributed by atoms with van der Waals surface area (Å²) in [6.07, 6.45) is 14.5. The molecule has 0 N–H and O–H groups in total. The van der Waals surface area contributed by atoms with E-state index in [0.717, 1.165) is 19.3 Å². The highest BCUT2D eigenvalue weighted by atomic mass is 32.2. The van der Waals surface area contributed by atoms with Gasteiger partial charge in [-0.2, -0.15) is 0 Å². The van der Waals surface area contributed by atoms with E-state index in [9.17, 15) is 14.4 Å². The maximum Gasteiger partial charge on any atom is 0.242 e. The van der Waals surface area contributed by atoms with Gasteiger partial charge in [-0.05, 0) is 32.1 Å². The van der Waals surface area contributed by atoms with Crippen LogP contribution in [0.3, 0.4) is 0 Å². The van der Waals surface area contributed by atoms with Crippen molar-refractivity contribution in [1.29, 1.82) is 0 Å². The van der Waals surface area contributed by atoms with Crippen LogP contribution in [0.5, 0.6) is 0 Å². The zero-order valence-electron chi connectivity index (χ0n) is 18.4. The summed E-state index contributed by atoms with van der Waals surface area (Å²) in [5.41, 5.74) is 0. The second kappa shape index (κ2) is 13.3. The minimum absolute atomic E-state index is 0.0209. The first-order valence-electron chi connectivity index (χ1n) is 11.7. The largest absolute Gasteiger partial charge is 0.341 e. The Balaban J connectivity index is 1.66. The van der Waals surface area contributed by atoms with Crippen LogP contribution < -0.4 is 0 Å². The van der Waals surface area contributed by atoms with Crippen molar-refractivity contribution in [2.75, 3.05) is 18.8 Å². The number of likely N-dealkylation sites (tertiary alicyclic amines) is 1. The van der Waals surface area contributed by atoms with Crippen LogP contribution >= 0.6 is 11.8 Å². The van der Waals surface area contributed by atoms with Crippen molar-refractivity contribution < 1.29 is 14.4 Å². The summed E-state index contributed by atoms with van der Waals surface area (Å²) in [4.78, 5) is 39.8. The fourth-order valence-corrected chi connectivity index (χ4v) is 5.74. The summed E-state index contributed by atoms with van der Waals surface area (Å²) in [6.45, 7) is 5.58. The lowest BCUT2D eigenvalue weighted by Crippen LogP contribution is -2.38. The van der Waals surface area contributed by atoms with E-state index in [0.29, 0.717) is 31.2 Å². The third-order valence-electron chi connectivity index (χ3n) is 6.60.